The monoisotopic (exact) mass is 367 g/mol. The van der Waals surface area contributed by atoms with Gasteiger partial charge < -0.3 is 10.2 Å². The lowest BCUT2D eigenvalue weighted by molar-refractivity contribution is 0.102. The summed E-state index contributed by atoms with van der Waals surface area (Å²) in [6, 6.07) is 13.0. The number of anilines is 3. The van der Waals surface area contributed by atoms with Gasteiger partial charge in [-0.25, -0.2) is 8.78 Å². The van der Waals surface area contributed by atoms with Gasteiger partial charge in [0.25, 0.3) is 5.91 Å². The number of hydrogen-bond acceptors (Lipinski definition) is 3. The van der Waals surface area contributed by atoms with Crippen molar-refractivity contribution >= 4 is 23.0 Å². The minimum Gasteiger partial charge on any atom is -0.340 e. The van der Waals surface area contributed by atoms with Crippen LogP contribution < -0.4 is 10.2 Å². The van der Waals surface area contributed by atoms with Crippen LogP contribution in [0.15, 0.2) is 60.9 Å². The van der Waals surface area contributed by atoms with Gasteiger partial charge in [-0.3, -0.25) is 9.78 Å². The van der Waals surface area contributed by atoms with Gasteiger partial charge in [-0.1, -0.05) is 12.1 Å². The van der Waals surface area contributed by atoms with Crippen molar-refractivity contribution in [3.63, 3.8) is 0 Å². The van der Waals surface area contributed by atoms with Crippen LogP contribution in [0.3, 0.4) is 0 Å². The summed E-state index contributed by atoms with van der Waals surface area (Å²) >= 11 is 0. The largest absolute Gasteiger partial charge is 0.340 e. The van der Waals surface area contributed by atoms with Crippen LogP contribution in [-0.2, 0) is 0 Å². The lowest BCUT2D eigenvalue weighted by Gasteiger charge is -2.23. The van der Waals surface area contributed by atoms with Crippen LogP contribution in [0.2, 0.25) is 0 Å². The molecule has 1 N–H and O–H groups in total. The molecule has 3 aromatic rings. The first-order chi connectivity index (χ1) is 13.0. The second-order valence-corrected chi connectivity index (χ2v) is 6.10. The molecule has 1 aromatic heterocycles. The van der Waals surface area contributed by atoms with Crippen molar-refractivity contribution in [2.75, 3.05) is 16.8 Å². The van der Waals surface area contributed by atoms with Crippen LogP contribution in [0.25, 0.3) is 0 Å². The highest BCUT2D eigenvalue weighted by molar-refractivity contribution is 6.04. The molecule has 138 valence electrons. The van der Waals surface area contributed by atoms with Crippen molar-refractivity contribution in [3.8, 4) is 0 Å². The Morgan fingerprint density at radius 3 is 2.56 bits per heavy atom. The Bertz CT molecular complexity index is 975. The topological polar surface area (TPSA) is 45.2 Å². The molecule has 1 amide bonds. The molecule has 0 unspecified atom stereocenters. The maximum absolute atomic E-state index is 13.3. The number of amides is 1. The molecule has 0 atom stereocenters. The molecule has 1 heterocycles. The van der Waals surface area contributed by atoms with Gasteiger partial charge in [0.15, 0.2) is 11.6 Å². The maximum Gasteiger partial charge on any atom is 0.257 e. The van der Waals surface area contributed by atoms with Gasteiger partial charge in [0, 0.05) is 30.2 Å². The number of carbonyl (C=O) groups is 1. The predicted octanol–water partition coefficient (Wildman–Crippen LogP) is 5.08. The smallest absolute Gasteiger partial charge is 0.257 e. The van der Waals surface area contributed by atoms with Crippen LogP contribution in [0.5, 0.6) is 0 Å². The Balaban J connectivity index is 1.85. The molecule has 0 saturated carbocycles. The van der Waals surface area contributed by atoms with E-state index in [2.05, 4.69) is 16.4 Å². The Labute approximate surface area is 156 Å². The number of benzene rings is 2. The minimum atomic E-state index is -1.02. The van der Waals surface area contributed by atoms with Crippen molar-refractivity contribution in [2.45, 2.75) is 13.8 Å². The normalized spacial score (nSPS) is 10.5. The number of nitrogens with zero attached hydrogens (tertiary/aromatic N) is 2. The lowest BCUT2D eigenvalue weighted by atomic mass is 10.1. The van der Waals surface area contributed by atoms with Crippen LogP contribution in [0, 0.1) is 18.6 Å². The average molecular weight is 367 g/mol. The third-order valence-corrected chi connectivity index (χ3v) is 4.10. The van der Waals surface area contributed by atoms with E-state index in [4.69, 9.17) is 0 Å². The first-order valence-electron chi connectivity index (χ1n) is 8.53. The summed E-state index contributed by atoms with van der Waals surface area (Å²) in [7, 11) is 0. The van der Waals surface area contributed by atoms with Gasteiger partial charge in [0.1, 0.15) is 0 Å². The van der Waals surface area contributed by atoms with E-state index in [1.165, 1.54) is 12.3 Å². The average Bonchev–Trinajstić information content (AvgIpc) is 2.66. The zero-order chi connectivity index (χ0) is 19.4. The Hall–Kier alpha value is -3.28. The van der Waals surface area contributed by atoms with Crippen LogP contribution in [0.4, 0.5) is 25.8 Å². The van der Waals surface area contributed by atoms with E-state index >= 15 is 0 Å². The molecular weight excluding hydrogens is 348 g/mol. The maximum atomic E-state index is 13.3. The molecule has 6 heteroatoms. The van der Waals surface area contributed by atoms with E-state index in [0.29, 0.717) is 12.1 Å². The number of aryl methyl sites for hydroxylation is 1. The highest BCUT2D eigenvalue weighted by Crippen LogP contribution is 2.26. The molecule has 4 nitrogen and oxygen atoms in total. The fourth-order valence-electron chi connectivity index (χ4n) is 2.79. The SMILES string of the molecule is CCN(c1cccc(C)c1)c1cncc(C(=O)Nc2ccc(F)c(F)c2)c1. The number of nitrogens with one attached hydrogen (secondary N) is 1. The fraction of sp³-hybridized carbons (Fsp3) is 0.143. The number of pyridine rings is 1. The third-order valence-electron chi connectivity index (χ3n) is 4.10. The molecule has 0 aliphatic rings. The zero-order valence-corrected chi connectivity index (χ0v) is 15.0. The molecule has 0 aliphatic heterocycles. The molecule has 0 saturated heterocycles. The van der Waals surface area contributed by atoms with E-state index in [-0.39, 0.29) is 5.69 Å². The van der Waals surface area contributed by atoms with Gasteiger partial charge in [0.2, 0.25) is 0 Å². The molecule has 0 fully saturated rings. The molecule has 0 radical (unpaired) electrons. The number of halogens is 2. The van der Waals surface area contributed by atoms with E-state index in [1.807, 2.05) is 36.9 Å². The molecule has 27 heavy (non-hydrogen) atoms. The quantitative estimate of drug-likeness (QED) is 0.684. The van der Waals surface area contributed by atoms with Crippen molar-refractivity contribution in [2.24, 2.45) is 0 Å². The summed E-state index contributed by atoms with van der Waals surface area (Å²) in [4.78, 5) is 18.7. The molecule has 0 aliphatic carbocycles. The Morgan fingerprint density at radius 2 is 1.85 bits per heavy atom. The first kappa shape index (κ1) is 18.5. The predicted molar refractivity (Wildman–Crippen MR) is 102 cm³/mol. The van der Waals surface area contributed by atoms with Crippen molar-refractivity contribution in [3.05, 3.63) is 83.7 Å². The summed E-state index contributed by atoms with van der Waals surface area (Å²) < 4.78 is 26.3. The number of carbonyl (C=O) groups excluding carboxylic acids is 1. The fourth-order valence-corrected chi connectivity index (χ4v) is 2.79. The van der Waals surface area contributed by atoms with Gasteiger partial charge in [-0.15, -0.1) is 0 Å². The van der Waals surface area contributed by atoms with Crippen molar-refractivity contribution in [1.82, 2.24) is 4.98 Å². The molecule has 0 spiro atoms. The zero-order valence-electron chi connectivity index (χ0n) is 15.0. The van der Waals surface area contributed by atoms with E-state index < -0.39 is 17.5 Å². The summed E-state index contributed by atoms with van der Waals surface area (Å²) in [6.45, 7) is 4.72. The van der Waals surface area contributed by atoms with Crippen LogP contribution in [-0.4, -0.2) is 17.4 Å². The van der Waals surface area contributed by atoms with Gasteiger partial charge in [0.05, 0.1) is 17.4 Å². The van der Waals surface area contributed by atoms with Gasteiger partial charge in [-0.05, 0) is 49.7 Å². The minimum absolute atomic E-state index is 0.176. The van der Waals surface area contributed by atoms with Crippen molar-refractivity contribution in [1.29, 1.82) is 0 Å². The van der Waals surface area contributed by atoms with Gasteiger partial charge in [-0.2, -0.15) is 0 Å². The number of hydrogen-bond donors (Lipinski definition) is 1. The van der Waals surface area contributed by atoms with Crippen LogP contribution in [0.1, 0.15) is 22.8 Å². The Kier molecular flexibility index (Phi) is 5.45. The van der Waals surface area contributed by atoms with E-state index in [9.17, 15) is 13.6 Å². The summed E-state index contributed by atoms with van der Waals surface area (Å²) in [5, 5.41) is 2.56. The number of aromatic nitrogens is 1. The summed E-state index contributed by atoms with van der Waals surface area (Å²) in [5.74, 6) is -2.43. The number of rotatable bonds is 5. The first-order valence-corrected chi connectivity index (χ1v) is 8.53. The highest BCUT2D eigenvalue weighted by Gasteiger charge is 2.13. The second-order valence-electron chi connectivity index (χ2n) is 6.10. The standard InChI is InChI=1S/C21H19F2N3O/c1-3-26(17-6-4-5-14(2)9-17)18-10-15(12-24-13-18)21(27)25-16-7-8-19(22)20(23)11-16/h4-13H,3H2,1-2H3,(H,25,27). The Morgan fingerprint density at radius 1 is 1.04 bits per heavy atom. The highest BCUT2D eigenvalue weighted by atomic mass is 19.2. The molecular formula is C21H19F2N3O. The van der Waals surface area contributed by atoms with E-state index in [0.717, 1.165) is 29.1 Å². The molecule has 3 rings (SSSR count). The molecule has 0 bridgehead atoms. The third kappa shape index (κ3) is 4.28. The molecule has 2 aromatic carbocycles. The summed E-state index contributed by atoms with van der Waals surface area (Å²) in [6.07, 6.45) is 3.11. The second kappa shape index (κ2) is 7.95. The summed E-state index contributed by atoms with van der Waals surface area (Å²) in [5.41, 5.74) is 3.39. The van der Waals surface area contributed by atoms with E-state index in [1.54, 1.807) is 12.3 Å². The lowest BCUT2D eigenvalue weighted by Crippen LogP contribution is -2.18. The van der Waals surface area contributed by atoms with Crippen molar-refractivity contribution < 1.29 is 13.6 Å². The van der Waals surface area contributed by atoms with Gasteiger partial charge >= 0.3 is 0 Å². The van der Waals surface area contributed by atoms with Crippen LogP contribution >= 0.6 is 0 Å².